The summed E-state index contributed by atoms with van der Waals surface area (Å²) in [6, 6.07) is -0.280. The van der Waals surface area contributed by atoms with Gasteiger partial charge in [-0.1, -0.05) is 0 Å². The van der Waals surface area contributed by atoms with Crippen LogP contribution in [0.5, 0.6) is 0 Å². The zero-order valence-corrected chi connectivity index (χ0v) is 11.4. The van der Waals surface area contributed by atoms with Gasteiger partial charge in [-0.15, -0.1) is 0 Å². The normalized spacial score (nSPS) is 29.8. The van der Waals surface area contributed by atoms with Crippen molar-refractivity contribution in [2.24, 2.45) is 5.92 Å². The molecule has 1 heterocycles. The molecule has 0 bridgehead atoms. The number of likely N-dealkylation sites (tertiary alicyclic amines) is 1. The van der Waals surface area contributed by atoms with Crippen LogP contribution in [-0.4, -0.2) is 41.3 Å². The monoisotopic (exact) mass is 255 g/mol. The molecule has 0 aromatic rings. The molecule has 102 valence electrons. The molecular weight excluding hydrogens is 234 g/mol. The number of amides is 1. The number of hydrogen-bond acceptors (Lipinski definition) is 4. The van der Waals surface area contributed by atoms with Crippen molar-refractivity contribution in [2.45, 2.75) is 58.2 Å². The Morgan fingerprint density at radius 3 is 2.50 bits per heavy atom. The predicted molar refractivity (Wildman–Crippen MR) is 65.0 cm³/mol. The number of piperidine rings is 1. The van der Waals surface area contributed by atoms with Crippen molar-refractivity contribution in [3.05, 3.63) is 0 Å². The lowest BCUT2D eigenvalue weighted by molar-refractivity contribution is -0.148. The number of esters is 1. The third kappa shape index (κ3) is 2.60. The highest BCUT2D eigenvalue weighted by Crippen LogP contribution is 2.48. The summed E-state index contributed by atoms with van der Waals surface area (Å²) in [5.41, 5.74) is -0.538. The molecule has 18 heavy (non-hydrogen) atoms. The zero-order chi connectivity index (χ0) is 13.5. The highest BCUT2D eigenvalue weighted by molar-refractivity contribution is 5.83. The van der Waals surface area contributed by atoms with Crippen LogP contribution in [0.3, 0.4) is 0 Å². The molecule has 0 aromatic heterocycles. The third-order valence-corrected chi connectivity index (χ3v) is 3.27. The van der Waals surface area contributed by atoms with E-state index in [1.54, 1.807) is 11.8 Å². The second-order valence-corrected chi connectivity index (χ2v) is 5.95. The summed E-state index contributed by atoms with van der Waals surface area (Å²) in [6.45, 7) is 7.58. The first-order valence-electron chi connectivity index (χ1n) is 6.51. The van der Waals surface area contributed by atoms with Gasteiger partial charge in [-0.3, -0.25) is 4.90 Å². The molecule has 5 heteroatoms. The minimum Gasteiger partial charge on any atom is -0.464 e. The molecule has 1 aliphatic carbocycles. The van der Waals surface area contributed by atoms with Crippen molar-refractivity contribution in [3.8, 4) is 0 Å². The number of rotatable bonds is 2. The predicted octanol–water partition coefficient (Wildman–Crippen LogP) is 1.95. The van der Waals surface area contributed by atoms with Gasteiger partial charge in [0.25, 0.3) is 0 Å². The molecule has 1 saturated carbocycles. The molecule has 2 rings (SSSR count). The van der Waals surface area contributed by atoms with Gasteiger partial charge in [0.2, 0.25) is 0 Å². The van der Waals surface area contributed by atoms with Gasteiger partial charge in [-0.05, 0) is 46.5 Å². The molecule has 1 amide bonds. The molecular formula is C13H21NO4. The number of ether oxygens (including phenoxy) is 2. The maximum absolute atomic E-state index is 12.1. The molecule has 0 aromatic carbocycles. The van der Waals surface area contributed by atoms with E-state index >= 15 is 0 Å². The SMILES string of the molecule is CCOC(=O)[C@@H]1CC2CC2N1C(=O)OC(C)(C)C. The lowest BCUT2D eigenvalue weighted by Gasteiger charge is -2.29. The van der Waals surface area contributed by atoms with E-state index in [1.165, 1.54) is 0 Å². The molecule has 1 aliphatic heterocycles. The van der Waals surface area contributed by atoms with E-state index in [0.29, 0.717) is 18.9 Å². The van der Waals surface area contributed by atoms with Crippen molar-refractivity contribution < 1.29 is 19.1 Å². The largest absolute Gasteiger partial charge is 0.464 e. The highest BCUT2D eigenvalue weighted by Gasteiger charge is 2.57. The van der Waals surface area contributed by atoms with Crippen molar-refractivity contribution in [2.75, 3.05) is 6.61 Å². The summed E-state index contributed by atoms with van der Waals surface area (Å²) < 4.78 is 10.4. The highest BCUT2D eigenvalue weighted by atomic mass is 16.6. The quantitative estimate of drug-likeness (QED) is 0.708. The Bertz CT molecular complexity index is 360. The first-order chi connectivity index (χ1) is 8.33. The van der Waals surface area contributed by atoms with Crippen molar-refractivity contribution in [1.82, 2.24) is 4.90 Å². The number of hydrogen-bond donors (Lipinski definition) is 0. The van der Waals surface area contributed by atoms with Gasteiger partial charge in [0, 0.05) is 6.04 Å². The van der Waals surface area contributed by atoms with Gasteiger partial charge in [-0.25, -0.2) is 9.59 Å². The number of fused-ring (bicyclic) bond motifs is 1. The van der Waals surface area contributed by atoms with Crippen LogP contribution in [-0.2, 0) is 14.3 Å². The smallest absolute Gasteiger partial charge is 0.411 e. The standard InChI is InChI=1S/C13H21NO4/c1-5-17-11(15)10-7-8-6-9(8)14(10)12(16)18-13(2,3)4/h8-10H,5-7H2,1-4H3/t8?,9?,10-/m0/s1. The lowest BCUT2D eigenvalue weighted by Crippen LogP contribution is -2.46. The second kappa shape index (κ2) is 4.44. The van der Waals surface area contributed by atoms with Crippen LogP contribution in [0.25, 0.3) is 0 Å². The fraction of sp³-hybridized carbons (Fsp3) is 0.846. The first-order valence-corrected chi connectivity index (χ1v) is 6.51. The molecule has 3 atom stereocenters. The van der Waals surface area contributed by atoms with Gasteiger partial charge < -0.3 is 9.47 Å². The van der Waals surface area contributed by atoms with Gasteiger partial charge in [0.1, 0.15) is 11.6 Å². The van der Waals surface area contributed by atoms with Crippen LogP contribution in [0.15, 0.2) is 0 Å². The maximum Gasteiger partial charge on any atom is 0.411 e. The minimum atomic E-state index is -0.538. The Morgan fingerprint density at radius 2 is 1.94 bits per heavy atom. The second-order valence-electron chi connectivity index (χ2n) is 5.95. The van der Waals surface area contributed by atoms with E-state index in [1.807, 2.05) is 20.8 Å². The Kier molecular flexibility index (Phi) is 3.25. The summed E-state index contributed by atoms with van der Waals surface area (Å²) in [5.74, 6) is 0.141. The van der Waals surface area contributed by atoms with Gasteiger partial charge >= 0.3 is 12.1 Å². The van der Waals surface area contributed by atoms with Crippen LogP contribution in [0.2, 0.25) is 0 Å². The van der Waals surface area contributed by atoms with Crippen molar-refractivity contribution in [3.63, 3.8) is 0 Å². The summed E-state index contributed by atoms with van der Waals surface area (Å²) in [5, 5.41) is 0. The van der Waals surface area contributed by atoms with E-state index < -0.39 is 17.7 Å². The Morgan fingerprint density at radius 1 is 1.28 bits per heavy atom. The topological polar surface area (TPSA) is 55.8 Å². The maximum atomic E-state index is 12.1. The average Bonchev–Trinajstić information content (AvgIpc) is 2.86. The van der Waals surface area contributed by atoms with E-state index in [0.717, 1.165) is 6.42 Å². The average molecular weight is 255 g/mol. The van der Waals surface area contributed by atoms with E-state index in [4.69, 9.17) is 9.47 Å². The van der Waals surface area contributed by atoms with E-state index in [-0.39, 0.29) is 12.0 Å². The molecule has 0 spiro atoms. The summed E-state index contributed by atoms with van der Waals surface area (Å²) in [4.78, 5) is 25.5. The molecule has 2 aliphatic rings. The fourth-order valence-electron chi connectivity index (χ4n) is 2.48. The number of carbonyl (C=O) groups excluding carboxylic acids is 2. The van der Waals surface area contributed by atoms with Crippen molar-refractivity contribution >= 4 is 12.1 Å². The fourth-order valence-corrected chi connectivity index (χ4v) is 2.48. The van der Waals surface area contributed by atoms with Crippen LogP contribution in [0.4, 0.5) is 4.79 Å². The Hall–Kier alpha value is -1.26. The number of carbonyl (C=O) groups is 2. The summed E-state index contributed by atoms with van der Waals surface area (Å²) in [6.07, 6.45) is 1.29. The minimum absolute atomic E-state index is 0.175. The van der Waals surface area contributed by atoms with Crippen LogP contribution in [0.1, 0.15) is 40.5 Å². The Labute approximate surface area is 107 Å². The first kappa shape index (κ1) is 13.2. The molecule has 0 radical (unpaired) electrons. The molecule has 2 unspecified atom stereocenters. The lowest BCUT2D eigenvalue weighted by atomic mass is 10.1. The molecule has 0 N–H and O–H groups in total. The molecule has 1 saturated heterocycles. The van der Waals surface area contributed by atoms with Crippen LogP contribution in [0, 0.1) is 5.92 Å². The van der Waals surface area contributed by atoms with Gasteiger partial charge in [0.05, 0.1) is 6.61 Å². The number of nitrogens with zero attached hydrogens (tertiary/aromatic N) is 1. The summed E-state index contributed by atoms with van der Waals surface area (Å²) in [7, 11) is 0. The molecule has 2 fully saturated rings. The van der Waals surface area contributed by atoms with Gasteiger partial charge in [-0.2, -0.15) is 0 Å². The van der Waals surface area contributed by atoms with Crippen molar-refractivity contribution in [1.29, 1.82) is 0 Å². The van der Waals surface area contributed by atoms with E-state index in [2.05, 4.69) is 0 Å². The van der Waals surface area contributed by atoms with E-state index in [9.17, 15) is 9.59 Å². The molecule has 5 nitrogen and oxygen atoms in total. The van der Waals surface area contributed by atoms with Gasteiger partial charge in [0.15, 0.2) is 0 Å². The summed E-state index contributed by atoms with van der Waals surface area (Å²) >= 11 is 0. The van der Waals surface area contributed by atoms with Crippen LogP contribution >= 0.6 is 0 Å². The third-order valence-electron chi connectivity index (χ3n) is 3.27. The Balaban J connectivity index is 2.04. The zero-order valence-electron chi connectivity index (χ0n) is 11.4. The van der Waals surface area contributed by atoms with Crippen LogP contribution < -0.4 is 0 Å².